The van der Waals surface area contributed by atoms with Gasteiger partial charge in [0.2, 0.25) is 0 Å². The molecule has 66 valence electrons. The second-order valence-electron chi connectivity index (χ2n) is 3.59. The lowest BCUT2D eigenvalue weighted by Crippen LogP contribution is -2.61. The minimum absolute atomic E-state index is 0.0983. The van der Waals surface area contributed by atoms with Crippen molar-refractivity contribution in [3.8, 4) is 0 Å². The summed E-state index contributed by atoms with van der Waals surface area (Å²) in [5, 5.41) is 16.0. The Morgan fingerprint density at radius 1 is 1.00 bits per heavy atom. The van der Waals surface area contributed by atoms with Crippen molar-refractivity contribution < 1.29 is 0 Å². The normalized spacial score (nSPS) is 47.7. The standard InChI is InChI=1S/C8H17N2O/c1-5-7(3)10(11)8(4)6(2)9-5/h5-9H,1-4H3/q-1. The molecule has 1 saturated heterocycles. The van der Waals surface area contributed by atoms with Crippen LogP contribution in [-0.4, -0.2) is 29.2 Å². The first-order chi connectivity index (χ1) is 5.04. The Bertz CT molecular complexity index is 126. The van der Waals surface area contributed by atoms with Crippen molar-refractivity contribution in [1.82, 2.24) is 10.4 Å². The number of hydrogen-bond donors (Lipinski definition) is 1. The minimum atomic E-state index is 0.0983. The van der Waals surface area contributed by atoms with Gasteiger partial charge in [0.05, 0.1) is 0 Å². The third kappa shape index (κ3) is 1.55. The van der Waals surface area contributed by atoms with Gasteiger partial charge in [-0.25, -0.2) is 0 Å². The largest absolute Gasteiger partial charge is 0.785 e. The highest BCUT2D eigenvalue weighted by Gasteiger charge is 2.27. The Kier molecular flexibility index (Phi) is 2.52. The first kappa shape index (κ1) is 8.97. The molecule has 11 heavy (non-hydrogen) atoms. The molecule has 0 amide bonds. The molecule has 0 aromatic rings. The van der Waals surface area contributed by atoms with Crippen LogP contribution in [0.1, 0.15) is 27.7 Å². The van der Waals surface area contributed by atoms with Crippen molar-refractivity contribution in [2.75, 3.05) is 0 Å². The Morgan fingerprint density at radius 3 is 1.73 bits per heavy atom. The van der Waals surface area contributed by atoms with Crippen LogP contribution in [0, 0.1) is 5.21 Å². The number of piperazine rings is 1. The van der Waals surface area contributed by atoms with Gasteiger partial charge in [0.1, 0.15) is 0 Å². The molecule has 0 bridgehead atoms. The maximum Gasteiger partial charge on any atom is 0.0186 e. The number of hydrogen-bond acceptors (Lipinski definition) is 3. The van der Waals surface area contributed by atoms with Crippen LogP contribution in [0.15, 0.2) is 0 Å². The van der Waals surface area contributed by atoms with E-state index in [-0.39, 0.29) is 12.1 Å². The number of nitrogens with one attached hydrogen (secondary N) is 1. The summed E-state index contributed by atoms with van der Waals surface area (Å²) in [7, 11) is 0. The minimum Gasteiger partial charge on any atom is -0.785 e. The maximum absolute atomic E-state index is 11.4. The van der Waals surface area contributed by atoms with Crippen LogP contribution >= 0.6 is 0 Å². The van der Waals surface area contributed by atoms with E-state index in [1.54, 1.807) is 0 Å². The lowest BCUT2D eigenvalue weighted by molar-refractivity contribution is 0.107. The molecule has 0 aliphatic carbocycles. The predicted octanol–water partition coefficient (Wildman–Crippen LogP) is 0.943. The van der Waals surface area contributed by atoms with E-state index in [2.05, 4.69) is 19.2 Å². The van der Waals surface area contributed by atoms with Crippen LogP contribution in [0.4, 0.5) is 0 Å². The Morgan fingerprint density at radius 2 is 1.36 bits per heavy atom. The van der Waals surface area contributed by atoms with Gasteiger partial charge in [-0.2, -0.15) is 0 Å². The lowest BCUT2D eigenvalue weighted by atomic mass is 10.0. The molecule has 0 saturated carbocycles. The summed E-state index contributed by atoms with van der Waals surface area (Å²) in [4.78, 5) is 0. The molecule has 0 aromatic heterocycles. The molecule has 1 N–H and O–H groups in total. The van der Waals surface area contributed by atoms with Gasteiger partial charge >= 0.3 is 0 Å². The topological polar surface area (TPSA) is 38.3 Å². The monoisotopic (exact) mass is 157 g/mol. The summed E-state index contributed by atoms with van der Waals surface area (Å²) in [6.45, 7) is 8.04. The molecule has 0 spiro atoms. The van der Waals surface area contributed by atoms with Crippen molar-refractivity contribution in [3.63, 3.8) is 0 Å². The third-order valence-electron chi connectivity index (χ3n) is 2.78. The van der Waals surface area contributed by atoms with Crippen molar-refractivity contribution in [3.05, 3.63) is 5.21 Å². The average molecular weight is 157 g/mol. The average Bonchev–Trinajstić information content (AvgIpc) is 1.97. The Hall–Kier alpha value is -0.120. The predicted molar refractivity (Wildman–Crippen MR) is 46.2 cm³/mol. The van der Waals surface area contributed by atoms with Crippen LogP contribution < -0.4 is 5.32 Å². The molecule has 1 fully saturated rings. The molecular weight excluding hydrogens is 140 g/mol. The van der Waals surface area contributed by atoms with E-state index in [0.29, 0.717) is 12.1 Å². The molecule has 1 aliphatic heterocycles. The first-order valence-corrected chi connectivity index (χ1v) is 4.25. The number of hydroxylamine groups is 2. The summed E-state index contributed by atoms with van der Waals surface area (Å²) in [5.74, 6) is 0. The van der Waals surface area contributed by atoms with Gasteiger partial charge in [0.25, 0.3) is 0 Å². The second kappa shape index (κ2) is 3.09. The van der Waals surface area contributed by atoms with Crippen LogP contribution in [0.3, 0.4) is 0 Å². The number of rotatable bonds is 0. The highest BCUT2D eigenvalue weighted by molar-refractivity contribution is 4.93. The van der Waals surface area contributed by atoms with Crippen molar-refractivity contribution in [2.24, 2.45) is 0 Å². The smallest absolute Gasteiger partial charge is 0.0186 e. The van der Waals surface area contributed by atoms with Gasteiger partial charge in [-0.15, -0.1) is 0 Å². The van der Waals surface area contributed by atoms with Crippen LogP contribution in [-0.2, 0) is 0 Å². The summed E-state index contributed by atoms with van der Waals surface area (Å²) < 4.78 is 0. The van der Waals surface area contributed by atoms with E-state index < -0.39 is 0 Å². The fourth-order valence-corrected chi connectivity index (χ4v) is 1.50. The number of nitrogens with zero attached hydrogens (tertiary/aromatic N) is 1. The van der Waals surface area contributed by atoms with Gasteiger partial charge in [0.15, 0.2) is 0 Å². The molecule has 1 aliphatic rings. The van der Waals surface area contributed by atoms with E-state index in [0.717, 1.165) is 0 Å². The molecule has 1 heterocycles. The molecule has 1 rings (SSSR count). The SMILES string of the molecule is CC1NC(C)C(C)N([O-])C1C. The fourth-order valence-electron chi connectivity index (χ4n) is 1.50. The van der Waals surface area contributed by atoms with Crippen molar-refractivity contribution in [1.29, 1.82) is 0 Å². The van der Waals surface area contributed by atoms with E-state index in [9.17, 15) is 5.21 Å². The van der Waals surface area contributed by atoms with Gasteiger partial charge in [0, 0.05) is 24.2 Å². The Labute approximate surface area is 68.3 Å². The molecule has 4 unspecified atom stereocenters. The zero-order chi connectivity index (χ0) is 8.59. The van der Waals surface area contributed by atoms with Gasteiger partial charge < -0.3 is 15.6 Å². The molecule has 3 nitrogen and oxygen atoms in total. The van der Waals surface area contributed by atoms with Gasteiger partial charge in [-0.1, -0.05) is 0 Å². The summed E-state index contributed by atoms with van der Waals surface area (Å²) >= 11 is 0. The third-order valence-corrected chi connectivity index (χ3v) is 2.78. The van der Waals surface area contributed by atoms with Gasteiger partial charge in [-0.05, 0) is 27.7 Å². The van der Waals surface area contributed by atoms with Crippen molar-refractivity contribution in [2.45, 2.75) is 51.9 Å². The lowest BCUT2D eigenvalue weighted by Gasteiger charge is -2.51. The Balaban J connectivity index is 2.63. The molecule has 4 atom stereocenters. The zero-order valence-electron chi connectivity index (χ0n) is 7.66. The van der Waals surface area contributed by atoms with Crippen LogP contribution in [0.5, 0.6) is 0 Å². The van der Waals surface area contributed by atoms with Gasteiger partial charge in [-0.3, -0.25) is 0 Å². The first-order valence-electron chi connectivity index (χ1n) is 4.25. The fraction of sp³-hybridized carbons (Fsp3) is 1.00. The summed E-state index contributed by atoms with van der Waals surface area (Å²) in [6, 6.07) is 0.805. The summed E-state index contributed by atoms with van der Waals surface area (Å²) in [6.07, 6.45) is 0. The highest BCUT2D eigenvalue weighted by Crippen LogP contribution is 2.16. The van der Waals surface area contributed by atoms with Crippen LogP contribution in [0.25, 0.3) is 0 Å². The quantitative estimate of drug-likeness (QED) is 0.569. The van der Waals surface area contributed by atoms with E-state index in [1.165, 1.54) is 5.06 Å². The molecule has 3 heteroatoms. The molecule has 0 aromatic carbocycles. The maximum atomic E-state index is 11.4. The summed E-state index contributed by atoms with van der Waals surface area (Å²) in [5.41, 5.74) is 0. The van der Waals surface area contributed by atoms with Crippen LogP contribution in [0.2, 0.25) is 0 Å². The van der Waals surface area contributed by atoms with E-state index >= 15 is 0 Å². The van der Waals surface area contributed by atoms with Crippen molar-refractivity contribution >= 4 is 0 Å². The highest BCUT2D eigenvalue weighted by atomic mass is 16.5. The van der Waals surface area contributed by atoms with E-state index in [4.69, 9.17) is 0 Å². The zero-order valence-corrected chi connectivity index (χ0v) is 7.66. The molecule has 0 radical (unpaired) electrons. The second-order valence-corrected chi connectivity index (χ2v) is 3.59. The molecular formula is C8H17N2O-. The van der Waals surface area contributed by atoms with E-state index in [1.807, 2.05) is 13.8 Å².